The average molecular weight is 359 g/mol. The summed E-state index contributed by atoms with van der Waals surface area (Å²) in [6.45, 7) is 0. The van der Waals surface area contributed by atoms with Gasteiger partial charge in [0.1, 0.15) is 0 Å². The summed E-state index contributed by atoms with van der Waals surface area (Å²) in [6, 6.07) is 11.9. The first-order chi connectivity index (χ1) is 10.3. The maximum absolute atomic E-state index is 12.2. The molecular weight excluding hydrogens is 343 g/mol. The van der Waals surface area contributed by atoms with Crippen LogP contribution in [-0.2, 0) is 15.8 Å². The number of sulfonamides is 1. The van der Waals surface area contributed by atoms with Crippen molar-refractivity contribution >= 4 is 44.6 Å². The maximum Gasteiger partial charge on any atom is 0.236 e. The van der Waals surface area contributed by atoms with Gasteiger partial charge in [-0.15, -0.1) is 0 Å². The second-order valence-electron chi connectivity index (χ2n) is 5.04. The van der Waals surface area contributed by atoms with Gasteiger partial charge in [0.2, 0.25) is 10.0 Å². The first-order valence-electron chi connectivity index (χ1n) is 6.49. The van der Waals surface area contributed by atoms with Crippen molar-refractivity contribution < 1.29 is 8.42 Å². The molecule has 1 N–H and O–H groups in total. The number of nitrogens with one attached hydrogen (secondary N) is 1. The molecule has 0 fully saturated rings. The van der Waals surface area contributed by atoms with Crippen LogP contribution in [0, 0.1) is 0 Å². The summed E-state index contributed by atoms with van der Waals surface area (Å²) in [5, 5.41) is 0.805. The predicted octanol–water partition coefficient (Wildman–Crippen LogP) is 4.00. The zero-order valence-electron chi connectivity index (χ0n) is 12.2. The molecule has 2 rings (SSSR count). The van der Waals surface area contributed by atoms with Crippen molar-refractivity contribution in [3.63, 3.8) is 0 Å². The topological polar surface area (TPSA) is 49.4 Å². The maximum atomic E-state index is 12.2. The lowest BCUT2D eigenvalue weighted by atomic mass is 10.2. The van der Waals surface area contributed by atoms with Gasteiger partial charge in [-0.1, -0.05) is 29.3 Å². The van der Waals surface area contributed by atoms with E-state index in [9.17, 15) is 8.42 Å². The van der Waals surface area contributed by atoms with Crippen LogP contribution in [-0.4, -0.2) is 22.5 Å². The lowest BCUT2D eigenvalue weighted by molar-refractivity contribution is 0.600. The lowest BCUT2D eigenvalue weighted by Gasteiger charge is -2.14. The molecule has 118 valence electrons. The van der Waals surface area contributed by atoms with Crippen molar-refractivity contribution in [1.82, 2.24) is 0 Å². The molecule has 7 heteroatoms. The van der Waals surface area contributed by atoms with Gasteiger partial charge in [-0.05, 0) is 42.0 Å². The van der Waals surface area contributed by atoms with Gasteiger partial charge in [-0.2, -0.15) is 0 Å². The molecule has 2 aromatic carbocycles. The number of hydrogen-bond acceptors (Lipinski definition) is 3. The molecule has 0 aliphatic carbocycles. The molecule has 0 amide bonds. The molecule has 0 aliphatic rings. The fourth-order valence-corrected chi connectivity index (χ4v) is 3.67. The highest BCUT2D eigenvalue weighted by atomic mass is 35.5. The summed E-state index contributed by atoms with van der Waals surface area (Å²) in [5.74, 6) is -0.210. The van der Waals surface area contributed by atoms with E-state index in [0.717, 1.165) is 5.69 Å². The molecule has 22 heavy (non-hydrogen) atoms. The van der Waals surface area contributed by atoms with Crippen molar-refractivity contribution in [3.05, 3.63) is 58.1 Å². The van der Waals surface area contributed by atoms with E-state index in [1.165, 1.54) is 6.07 Å². The Kier molecular flexibility index (Phi) is 5.21. The van der Waals surface area contributed by atoms with Crippen LogP contribution in [0.3, 0.4) is 0 Å². The molecule has 0 heterocycles. The Hall–Kier alpha value is -1.43. The van der Waals surface area contributed by atoms with Crippen LogP contribution in [0.1, 0.15) is 5.56 Å². The molecule has 4 nitrogen and oxygen atoms in total. The smallest absolute Gasteiger partial charge is 0.236 e. The van der Waals surface area contributed by atoms with Gasteiger partial charge in [0.05, 0.1) is 5.75 Å². The summed E-state index contributed by atoms with van der Waals surface area (Å²) in [5.41, 5.74) is 2.00. The Labute approximate surface area is 140 Å². The molecule has 0 aromatic heterocycles. The second-order valence-corrected chi connectivity index (χ2v) is 7.60. The van der Waals surface area contributed by atoms with Crippen LogP contribution in [0.5, 0.6) is 0 Å². The highest BCUT2D eigenvalue weighted by Crippen LogP contribution is 2.24. The SMILES string of the molecule is CN(C)c1ccc(NS(=O)(=O)Cc2ccc(Cl)cc2Cl)cc1. The van der Waals surface area contributed by atoms with Crippen LogP contribution in [0.25, 0.3) is 0 Å². The third-order valence-corrected chi connectivity index (χ3v) is 4.84. The van der Waals surface area contributed by atoms with E-state index in [4.69, 9.17) is 23.2 Å². The number of hydrogen-bond donors (Lipinski definition) is 1. The zero-order valence-corrected chi connectivity index (χ0v) is 14.5. The van der Waals surface area contributed by atoms with Crippen molar-refractivity contribution in [1.29, 1.82) is 0 Å². The third-order valence-electron chi connectivity index (χ3n) is 3.02. The first kappa shape index (κ1) is 16.9. The van der Waals surface area contributed by atoms with E-state index in [1.807, 2.05) is 31.1 Å². The number of rotatable bonds is 5. The summed E-state index contributed by atoms with van der Waals surface area (Å²) in [4.78, 5) is 1.94. The summed E-state index contributed by atoms with van der Waals surface area (Å²) in [6.07, 6.45) is 0. The fraction of sp³-hybridized carbons (Fsp3) is 0.200. The summed E-state index contributed by atoms with van der Waals surface area (Å²) >= 11 is 11.8. The van der Waals surface area contributed by atoms with Gasteiger partial charge >= 0.3 is 0 Å². The zero-order chi connectivity index (χ0) is 16.3. The molecule has 0 radical (unpaired) electrons. The Bertz CT molecular complexity index is 760. The van der Waals surface area contributed by atoms with Gasteiger partial charge in [0.15, 0.2) is 0 Å². The molecule has 0 bridgehead atoms. The van der Waals surface area contributed by atoms with Gasteiger partial charge in [0, 0.05) is 35.5 Å². The van der Waals surface area contributed by atoms with Crippen molar-refractivity contribution in [2.24, 2.45) is 0 Å². The van der Waals surface area contributed by atoms with Crippen molar-refractivity contribution in [3.8, 4) is 0 Å². The monoisotopic (exact) mass is 358 g/mol. The van der Waals surface area contributed by atoms with Gasteiger partial charge in [-0.3, -0.25) is 4.72 Å². The largest absolute Gasteiger partial charge is 0.378 e. The number of halogens is 2. The van der Waals surface area contributed by atoms with E-state index in [-0.39, 0.29) is 5.75 Å². The van der Waals surface area contributed by atoms with E-state index in [1.54, 1.807) is 24.3 Å². The average Bonchev–Trinajstić information content (AvgIpc) is 2.42. The van der Waals surface area contributed by atoms with Crippen LogP contribution in [0.2, 0.25) is 10.0 Å². The van der Waals surface area contributed by atoms with E-state index < -0.39 is 10.0 Å². The highest BCUT2D eigenvalue weighted by Gasteiger charge is 2.14. The fourth-order valence-electron chi connectivity index (χ4n) is 1.89. The minimum atomic E-state index is -3.55. The molecule has 2 aromatic rings. The molecular formula is C15H16Cl2N2O2S. The molecule has 0 spiro atoms. The van der Waals surface area contributed by atoms with Crippen LogP contribution >= 0.6 is 23.2 Å². The normalized spacial score (nSPS) is 11.3. The van der Waals surface area contributed by atoms with Crippen molar-refractivity contribution in [2.75, 3.05) is 23.7 Å². The predicted molar refractivity (Wildman–Crippen MR) is 93.5 cm³/mol. The molecule has 0 saturated carbocycles. The standard InChI is InChI=1S/C15H16Cl2N2O2S/c1-19(2)14-7-5-13(6-8-14)18-22(20,21)10-11-3-4-12(16)9-15(11)17/h3-9,18H,10H2,1-2H3. The van der Waals surface area contributed by atoms with Crippen molar-refractivity contribution in [2.45, 2.75) is 5.75 Å². The van der Waals surface area contributed by atoms with E-state index >= 15 is 0 Å². The Balaban J connectivity index is 2.13. The first-order valence-corrected chi connectivity index (χ1v) is 8.89. The Morgan fingerprint density at radius 2 is 1.68 bits per heavy atom. The van der Waals surface area contributed by atoms with Gasteiger partial charge in [0.25, 0.3) is 0 Å². The van der Waals surface area contributed by atoms with E-state index in [0.29, 0.717) is 21.3 Å². The number of nitrogens with zero attached hydrogens (tertiary/aromatic N) is 1. The number of anilines is 2. The summed E-state index contributed by atoms with van der Waals surface area (Å²) < 4.78 is 27.0. The third kappa shape index (κ3) is 4.53. The molecule has 0 aliphatic heterocycles. The van der Waals surface area contributed by atoms with Crippen LogP contribution in [0.15, 0.2) is 42.5 Å². The minimum Gasteiger partial charge on any atom is -0.378 e. The summed E-state index contributed by atoms with van der Waals surface area (Å²) in [7, 11) is 0.289. The van der Waals surface area contributed by atoms with Crippen LogP contribution < -0.4 is 9.62 Å². The molecule has 0 atom stereocenters. The Morgan fingerprint density at radius 1 is 1.05 bits per heavy atom. The van der Waals surface area contributed by atoms with E-state index in [2.05, 4.69) is 4.72 Å². The van der Waals surface area contributed by atoms with Crippen LogP contribution in [0.4, 0.5) is 11.4 Å². The Morgan fingerprint density at radius 3 is 2.23 bits per heavy atom. The minimum absolute atomic E-state index is 0.210. The molecule has 0 unspecified atom stereocenters. The number of benzene rings is 2. The lowest BCUT2D eigenvalue weighted by Crippen LogP contribution is -2.15. The second kappa shape index (κ2) is 6.77. The quantitative estimate of drug-likeness (QED) is 0.878. The molecule has 0 saturated heterocycles. The van der Waals surface area contributed by atoms with Gasteiger partial charge < -0.3 is 4.90 Å². The highest BCUT2D eigenvalue weighted by molar-refractivity contribution is 7.91. The van der Waals surface area contributed by atoms with Gasteiger partial charge in [-0.25, -0.2) is 8.42 Å².